The highest BCUT2D eigenvalue weighted by Gasteiger charge is 2.28. The number of benzene rings is 1. The summed E-state index contributed by atoms with van der Waals surface area (Å²) in [6.07, 6.45) is 3.41. The van der Waals surface area contributed by atoms with Crippen LogP contribution in [0, 0.1) is 5.82 Å². The quantitative estimate of drug-likeness (QED) is 0.875. The molecule has 1 atom stereocenters. The van der Waals surface area contributed by atoms with Crippen LogP contribution in [0.25, 0.3) is 11.4 Å². The Morgan fingerprint density at radius 2 is 2.25 bits per heavy atom. The maximum atomic E-state index is 13.0. The normalized spacial score (nSPS) is 17.5. The van der Waals surface area contributed by atoms with Crippen LogP contribution in [0.3, 0.4) is 0 Å². The third-order valence-corrected chi connectivity index (χ3v) is 4.00. The van der Waals surface area contributed by atoms with Gasteiger partial charge in [0.15, 0.2) is 0 Å². The molecule has 0 radical (unpaired) electrons. The number of hydrogen-bond donors (Lipinski definition) is 1. The molecule has 7 heteroatoms. The number of nitrogens with zero attached hydrogens (tertiary/aromatic N) is 3. The number of carbonyl (C=O) groups is 1. The Morgan fingerprint density at radius 1 is 1.46 bits per heavy atom. The minimum atomic E-state index is -0.309. The van der Waals surface area contributed by atoms with E-state index in [1.807, 2.05) is 0 Å². The van der Waals surface area contributed by atoms with Crippen LogP contribution in [-0.2, 0) is 0 Å². The molecule has 24 heavy (non-hydrogen) atoms. The molecule has 1 fully saturated rings. The van der Waals surface area contributed by atoms with Crippen molar-refractivity contribution in [3.8, 4) is 11.4 Å². The lowest BCUT2D eigenvalue weighted by Gasteiger charge is -2.30. The molecule has 0 bridgehead atoms. The van der Waals surface area contributed by atoms with Gasteiger partial charge in [0.1, 0.15) is 5.82 Å². The number of likely N-dealkylation sites (tertiary alicyclic amines) is 1. The van der Waals surface area contributed by atoms with Crippen LogP contribution >= 0.6 is 0 Å². The van der Waals surface area contributed by atoms with Gasteiger partial charge in [-0.05, 0) is 37.1 Å². The second-order valence-corrected chi connectivity index (χ2v) is 5.72. The number of halogens is 1. The molecule has 2 heterocycles. The van der Waals surface area contributed by atoms with Crippen molar-refractivity contribution in [1.82, 2.24) is 20.4 Å². The molecule has 1 unspecified atom stereocenters. The topological polar surface area (TPSA) is 71.3 Å². The first kappa shape index (κ1) is 16.2. The molecule has 126 valence electrons. The lowest BCUT2D eigenvalue weighted by atomic mass is 9.98. The first-order valence-electron chi connectivity index (χ1n) is 7.90. The number of amides is 2. The molecule has 0 saturated carbocycles. The van der Waals surface area contributed by atoms with Crippen molar-refractivity contribution >= 4 is 6.03 Å². The number of urea groups is 1. The van der Waals surface area contributed by atoms with Crippen molar-refractivity contribution in [3.05, 3.63) is 48.6 Å². The standard InChI is InChI=1S/C17H19FN4O2/c1-2-9-19-17(23)22-10-3-4-13(11-22)16-20-15(21-24-16)12-5-7-14(18)8-6-12/h2,5-8,13H,1,3-4,9-11H2,(H,19,23). The van der Waals surface area contributed by atoms with Crippen LogP contribution in [0.15, 0.2) is 41.4 Å². The first-order valence-corrected chi connectivity index (χ1v) is 7.90. The zero-order valence-electron chi connectivity index (χ0n) is 13.2. The summed E-state index contributed by atoms with van der Waals surface area (Å²) in [7, 11) is 0. The third-order valence-electron chi connectivity index (χ3n) is 4.00. The number of hydrogen-bond acceptors (Lipinski definition) is 4. The predicted molar refractivity (Wildman–Crippen MR) is 86.8 cm³/mol. The fourth-order valence-corrected chi connectivity index (χ4v) is 2.75. The van der Waals surface area contributed by atoms with E-state index in [4.69, 9.17) is 4.52 Å². The van der Waals surface area contributed by atoms with Crippen molar-refractivity contribution < 1.29 is 13.7 Å². The molecule has 1 aliphatic heterocycles. The van der Waals surface area contributed by atoms with Crippen LogP contribution < -0.4 is 5.32 Å². The van der Waals surface area contributed by atoms with E-state index in [1.54, 1.807) is 23.1 Å². The lowest BCUT2D eigenvalue weighted by molar-refractivity contribution is 0.173. The van der Waals surface area contributed by atoms with E-state index in [0.29, 0.717) is 36.9 Å². The molecule has 0 aliphatic carbocycles. The van der Waals surface area contributed by atoms with Gasteiger partial charge in [0.2, 0.25) is 11.7 Å². The van der Waals surface area contributed by atoms with E-state index < -0.39 is 0 Å². The lowest BCUT2D eigenvalue weighted by Crippen LogP contribution is -2.45. The average molecular weight is 330 g/mol. The van der Waals surface area contributed by atoms with Crippen molar-refractivity contribution in [2.75, 3.05) is 19.6 Å². The highest BCUT2D eigenvalue weighted by molar-refractivity contribution is 5.74. The molecule has 1 saturated heterocycles. The van der Waals surface area contributed by atoms with Crippen LogP contribution in [-0.4, -0.2) is 40.7 Å². The summed E-state index contributed by atoms with van der Waals surface area (Å²) in [5.41, 5.74) is 0.697. The largest absolute Gasteiger partial charge is 0.339 e. The summed E-state index contributed by atoms with van der Waals surface area (Å²) in [6.45, 7) is 5.27. The van der Waals surface area contributed by atoms with Gasteiger partial charge in [-0.15, -0.1) is 6.58 Å². The minimum Gasteiger partial charge on any atom is -0.339 e. The van der Waals surface area contributed by atoms with E-state index in [1.165, 1.54) is 12.1 Å². The molecule has 1 aromatic carbocycles. The first-order chi connectivity index (χ1) is 11.7. The third kappa shape index (κ3) is 3.61. The SMILES string of the molecule is C=CCNC(=O)N1CCCC(c2nc(-c3ccc(F)cc3)no2)C1. The van der Waals surface area contributed by atoms with Crippen LogP contribution in [0.5, 0.6) is 0 Å². The monoisotopic (exact) mass is 330 g/mol. The van der Waals surface area contributed by atoms with Gasteiger partial charge < -0.3 is 14.7 Å². The molecular formula is C17H19FN4O2. The van der Waals surface area contributed by atoms with Gasteiger partial charge in [-0.25, -0.2) is 9.18 Å². The number of nitrogens with one attached hydrogen (secondary N) is 1. The molecule has 2 amide bonds. The van der Waals surface area contributed by atoms with Gasteiger partial charge in [-0.3, -0.25) is 0 Å². The number of aromatic nitrogens is 2. The van der Waals surface area contributed by atoms with E-state index >= 15 is 0 Å². The average Bonchev–Trinajstić information content (AvgIpc) is 3.10. The Hall–Kier alpha value is -2.70. The van der Waals surface area contributed by atoms with E-state index in [9.17, 15) is 9.18 Å². The van der Waals surface area contributed by atoms with Gasteiger partial charge in [0.05, 0.1) is 5.92 Å². The summed E-state index contributed by atoms with van der Waals surface area (Å²) < 4.78 is 18.4. The zero-order chi connectivity index (χ0) is 16.9. The molecule has 1 N–H and O–H groups in total. The Balaban J connectivity index is 1.69. The Morgan fingerprint density at radius 3 is 3.00 bits per heavy atom. The maximum absolute atomic E-state index is 13.0. The fourth-order valence-electron chi connectivity index (χ4n) is 2.75. The highest BCUT2D eigenvalue weighted by atomic mass is 19.1. The molecule has 6 nitrogen and oxygen atoms in total. The van der Waals surface area contributed by atoms with Crippen molar-refractivity contribution in [3.63, 3.8) is 0 Å². The number of carbonyl (C=O) groups excluding carboxylic acids is 1. The second kappa shape index (κ2) is 7.25. The predicted octanol–water partition coefficient (Wildman–Crippen LogP) is 2.95. The Labute approximate surface area is 139 Å². The molecule has 0 spiro atoms. The van der Waals surface area contributed by atoms with Crippen LogP contribution in [0.4, 0.5) is 9.18 Å². The molecular weight excluding hydrogens is 311 g/mol. The molecule has 2 aromatic rings. The van der Waals surface area contributed by atoms with Gasteiger partial charge in [-0.2, -0.15) is 4.98 Å². The maximum Gasteiger partial charge on any atom is 0.317 e. The van der Waals surface area contributed by atoms with Gasteiger partial charge in [-0.1, -0.05) is 11.2 Å². The number of piperidine rings is 1. The molecule has 1 aromatic heterocycles. The van der Waals surface area contributed by atoms with Gasteiger partial charge in [0, 0.05) is 25.2 Å². The number of rotatable bonds is 4. The fraction of sp³-hybridized carbons (Fsp3) is 0.353. The van der Waals surface area contributed by atoms with E-state index in [2.05, 4.69) is 22.0 Å². The summed E-state index contributed by atoms with van der Waals surface area (Å²) in [4.78, 5) is 18.2. The van der Waals surface area contributed by atoms with Crippen LogP contribution in [0.2, 0.25) is 0 Å². The van der Waals surface area contributed by atoms with Crippen molar-refractivity contribution in [1.29, 1.82) is 0 Å². The van der Waals surface area contributed by atoms with Gasteiger partial charge >= 0.3 is 6.03 Å². The van der Waals surface area contributed by atoms with Crippen molar-refractivity contribution in [2.24, 2.45) is 0 Å². The zero-order valence-corrected chi connectivity index (χ0v) is 13.2. The molecule has 3 rings (SSSR count). The van der Waals surface area contributed by atoms with Crippen molar-refractivity contribution in [2.45, 2.75) is 18.8 Å². The summed E-state index contributed by atoms with van der Waals surface area (Å²) in [6, 6.07) is 5.83. The Bertz CT molecular complexity index is 714. The highest BCUT2D eigenvalue weighted by Crippen LogP contribution is 2.27. The summed E-state index contributed by atoms with van der Waals surface area (Å²) >= 11 is 0. The van der Waals surface area contributed by atoms with E-state index in [-0.39, 0.29) is 17.8 Å². The van der Waals surface area contributed by atoms with Gasteiger partial charge in [0.25, 0.3) is 0 Å². The molecule has 1 aliphatic rings. The summed E-state index contributed by atoms with van der Waals surface area (Å²) in [5, 5.41) is 6.75. The smallest absolute Gasteiger partial charge is 0.317 e. The van der Waals surface area contributed by atoms with E-state index in [0.717, 1.165) is 12.8 Å². The second-order valence-electron chi connectivity index (χ2n) is 5.72. The summed E-state index contributed by atoms with van der Waals surface area (Å²) in [5.74, 6) is 0.639. The minimum absolute atomic E-state index is 0.00919. The Kier molecular flexibility index (Phi) is 4.88. The van der Waals surface area contributed by atoms with Crippen LogP contribution in [0.1, 0.15) is 24.7 Å².